The van der Waals surface area contributed by atoms with Gasteiger partial charge in [0.25, 0.3) is 0 Å². The molecule has 0 bridgehead atoms. The van der Waals surface area contributed by atoms with Crippen molar-refractivity contribution < 1.29 is 0 Å². The Labute approximate surface area is 105 Å². The smallest absolute Gasteiger partial charge is 0.0366 e. The Morgan fingerprint density at radius 1 is 0.882 bits per heavy atom. The van der Waals surface area contributed by atoms with Crippen LogP contribution in [0, 0.1) is 0 Å². The van der Waals surface area contributed by atoms with Crippen LogP contribution in [-0.2, 0) is 6.42 Å². The highest BCUT2D eigenvalue weighted by Crippen LogP contribution is 2.19. The van der Waals surface area contributed by atoms with Crippen LogP contribution >= 0.6 is 0 Å². The maximum atomic E-state index is 5.57. The lowest BCUT2D eigenvalue weighted by molar-refractivity contribution is 0.556. The van der Waals surface area contributed by atoms with Gasteiger partial charge >= 0.3 is 0 Å². The largest absolute Gasteiger partial charge is 0.372 e. The lowest BCUT2D eigenvalue weighted by Crippen LogP contribution is -2.26. The molecule has 2 rings (SSSR count). The van der Waals surface area contributed by atoms with Gasteiger partial charge in [0.05, 0.1) is 0 Å². The summed E-state index contributed by atoms with van der Waals surface area (Å²) in [4.78, 5) is 2.53. The van der Waals surface area contributed by atoms with Gasteiger partial charge in [0.2, 0.25) is 0 Å². The minimum Gasteiger partial charge on any atom is -0.372 e. The van der Waals surface area contributed by atoms with Gasteiger partial charge in [0.1, 0.15) is 0 Å². The molecule has 1 aliphatic heterocycles. The summed E-state index contributed by atoms with van der Waals surface area (Å²) in [5.74, 6) is 0. The van der Waals surface area contributed by atoms with Crippen molar-refractivity contribution in [1.29, 1.82) is 0 Å². The number of benzene rings is 1. The standard InChI is InChI=1S/C15H24N2/c16-11-10-14-6-8-15(9-7-14)17-12-4-2-1-3-5-13-17/h6-9H,1-5,10-13,16H2. The SMILES string of the molecule is NCCc1ccc(N2CCCCCCC2)cc1. The minimum absolute atomic E-state index is 0.739. The second-order valence-corrected chi connectivity index (χ2v) is 4.96. The predicted octanol–water partition coefficient (Wildman–Crippen LogP) is 2.96. The van der Waals surface area contributed by atoms with E-state index < -0.39 is 0 Å². The first-order valence-electron chi connectivity index (χ1n) is 6.94. The van der Waals surface area contributed by atoms with Crippen LogP contribution < -0.4 is 10.6 Å². The number of rotatable bonds is 3. The molecule has 0 spiro atoms. The second kappa shape index (κ2) is 6.65. The molecular weight excluding hydrogens is 208 g/mol. The van der Waals surface area contributed by atoms with Gasteiger partial charge in [-0.1, -0.05) is 31.4 Å². The summed E-state index contributed by atoms with van der Waals surface area (Å²) in [5, 5.41) is 0. The fourth-order valence-corrected chi connectivity index (χ4v) is 2.55. The monoisotopic (exact) mass is 232 g/mol. The highest BCUT2D eigenvalue weighted by molar-refractivity contribution is 5.47. The molecule has 0 saturated carbocycles. The average molecular weight is 232 g/mol. The van der Waals surface area contributed by atoms with E-state index in [9.17, 15) is 0 Å². The summed E-state index contributed by atoms with van der Waals surface area (Å²) < 4.78 is 0. The summed E-state index contributed by atoms with van der Waals surface area (Å²) in [6.45, 7) is 3.18. The molecule has 1 fully saturated rings. The highest BCUT2D eigenvalue weighted by atomic mass is 15.1. The van der Waals surface area contributed by atoms with Gasteiger partial charge in [0, 0.05) is 18.8 Å². The van der Waals surface area contributed by atoms with E-state index in [1.54, 1.807) is 0 Å². The van der Waals surface area contributed by atoms with E-state index in [1.807, 2.05) is 0 Å². The molecule has 1 saturated heterocycles. The molecule has 0 radical (unpaired) electrons. The Balaban J connectivity index is 1.99. The van der Waals surface area contributed by atoms with Gasteiger partial charge in [0.15, 0.2) is 0 Å². The molecule has 17 heavy (non-hydrogen) atoms. The zero-order valence-electron chi connectivity index (χ0n) is 10.7. The van der Waals surface area contributed by atoms with Crippen molar-refractivity contribution in [3.05, 3.63) is 29.8 Å². The summed E-state index contributed by atoms with van der Waals surface area (Å²) >= 11 is 0. The van der Waals surface area contributed by atoms with Crippen molar-refractivity contribution in [2.45, 2.75) is 38.5 Å². The van der Waals surface area contributed by atoms with E-state index in [2.05, 4.69) is 29.2 Å². The molecule has 2 nitrogen and oxygen atoms in total. The van der Waals surface area contributed by atoms with Crippen LogP contribution in [0.2, 0.25) is 0 Å². The second-order valence-electron chi connectivity index (χ2n) is 4.96. The summed E-state index contributed by atoms with van der Waals surface area (Å²) in [6.07, 6.45) is 7.86. The Hall–Kier alpha value is -1.02. The van der Waals surface area contributed by atoms with E-state index in [0.717, 1.165) is 13.0 Å². The van der Waals surface area contributed by atoms with Crippen LogP contribution in [0.25, 0.3) is 0 Å². The van der Waals surface area contributed by atoms with Crippen molar-refractivity contribution >= 4 is 5.69 Å². The molecule has 1 aliphatic rings. The number of hydrogen-bond acceptors (Lipinski definition) is 2. The van der Waals surface area contributed by atoms with Crippen LogP contribution in [0.1, 0.15) is 37.7 Å². The molecule has 0 atom stereocenters. The van der Waals surface area contributed by atoms with Gasteiger partial charge in [-0.3, -0.25) is 0 Å². The molecule has 0 aromatic heterocycles. The number of nitrogens with two attached hydrogens (primary N) is 1. The fourth-order valence-electron chi connectivity index (χ4n) is 2.55. The molecule has 1 aromatic carbocycles. The van der Waals surface area contributed by atoms with Crippen molar-refractivity contribution in [2.75, 3.05) is 24.5 Å². The normalized spacial score (nSPS) is 17.6. The molecule has 0 amide bonds. The summed E-state index contributed by atoms with van der Waals surface area (Å²) in [7, 11) is 0. The molecule has 1 heterocycles. The van der Waals surface area contributed by atoms with Gasteiger partial charge in [-0.15, -0.1) is 0 Å². The molecular formula is C15H24N2. The fraction of sp³-hybridized carbons (Fsp3) is 0.600. The molecule has 0 aliphatic carbocycles. The van der Waals surface area contributed by atoms with Crippen LogP contribution in [-0.4, -0.2) is 19.6 Å². The van der Waals surface area contributed by atoms with E-state index >= 15 is 0 Å². The van der Waals surface area contributed by atoms with Crippen molar-refractivity contribution in [3.63, 3.8) is 0 Å². The van der Waals surface area contributed by atoms with Crippen molar-refractivity contribution in [2.24, 2.45) is 5.73 Å². The van der Waals surface area contributed by atoms with E-state index in [-0.39, 0.29) is 0 Å². The maximum absolute atomic E-state index is 5.57. The Morgan fingerprint density at radius 3 is 2.06 bits per heavy atom. The van der Waals surface area contributed by atoms with Crippen LogP contribution in [0.5, 0.6) is 0 Å². The predicted molar refractivity (Wildman–Crippen MR) is 74.5 cm³/mol. The van der Waals surface area contributed by atoms with Gasteiger partial charge in [-0.05, 0) is 43.5 Å². The quantitative estimate of drug-likeness (QED) is 0.868. The molecule has 0 unspecified atom stereocenters. The van der Waals surface area contributed by atoms with Crippen molar-refractivity contribution in [1.82, 2.24) is 0 Å². The molecule has 94 valence electrons. The summed E-state index contributed by atoms with van der Waals surface area (Å²) in [5.41, 5.74) is 8.30. The highest BCUT2D eigenvalue weighted by Gasteiger charge is 2.08. The van der Waals surface area contributed by atoms with Crippen molar-refractivity contribution in [3.8, 4) is 0 Å². The topological polar surface area (TPSA) is 29.3 Å². The first kappa shape index (κ1) is 12.4. The first-order chi connectivity index (χ1) is 8.40. The minimum atomic E-state index is 0.739. The zero-order chi connectivity index (χ0) is 11.9. The van der Waals surface area contributed by atoms with Crippen LogP contribution in [0.4, 0.5) is 5.69 Å². The van der Waals surface area contributed by atoms with Gasteiger partial charge < -0.3 is 10.6 Å². The lowest BCUT2D eigenvalue weighted by Gasteiger charge is -2.27. The van der Waals surface area contributed by atoms with Crippen LogP contribution in [0.3, 0.4) is 0 Å². The van der Waals surface area contributed by atoms with Gasteiger partial charge in [-0.25, -0.2) is 0 Å². The van der Waals surface area contributed by atoms with E-state index in [4.69, 9.17) is 5.73 Å². The van der Waals surface area contributed by atoms with Crippen LogP contribution in [0.15, 0.2) is 24.3 Å². The number of hydrogen-bond donors (Lipinski definition) is 1. The van der Waals surface area contributed by atoms with Gasteiger partial charge in [-0.2, -0.15) is 0 Å². The number of nitrogens with zero attached hydrogens (tertiary/aromatic N) is 1. The Morgan fingerprint density at radius 2 is 1.47 bits per heavy atom. The average Bonchev–Trinajstić information content (AvgIpc) is 2.30. The van der Waals surface area contributed by atoms with E-state index in [0.29, 0.717) is 0 Å². The Bertz CT molecular complexity index is 310. The third kappa shape index (κ3) is 3.74. The lowest BCUT2D eigenvalue weighted by atomic mass is 10.1. The maximum Gasteiger partial charge on any atom is 0.0366 e. The van der Waals surface area contributed by atoms with E-state index in [1.165, 1.54) is 56.4 Å². The Kier molecular flexibility index (Phi) is 4.87. The molecule has 1 aromatic rings. The third-order valence-corrected chi connectivity index (χ3v) is 3.59. The first-order valence-corrected chi connectivity index (χ1v) is 6.94. The molecule has 2 N–H and O–H groups in total. The summed E-state index contributed by atoms with van der Waals surface area (Å²) in [6, 6.07) is 8.96. The third-order valence-electron chi connectivity index (χ3n) is 3.59. The zero-order valence-corrected chi connectivity index (χ0v) is 10.7. The number of anilines is 1. The molecule has 2 heteroatoms.